The molecular weight excluding hydrogens is 309 g/mol. The van der Waals surface area contributed by atoms with Crippen LogP contribution in [0.4, 0.5) is 9.18 Å². The summed E-state index contributed by atoms with van der Waals surface area (Å²) in [6.07, 6.45) is -0.681. The molecule has 1 heterocycles. The Hall–Kier alpha value is -1.76. The van der Waals surface area contributed by atoms with E-state index in [0.29, 0.717) is 5.56 Å². The fourth-order valence-electron chi connectivity index (χ4n) is 2.12. The fourth-order valence-corrected chi connectivity index (χ4v) is 3.53. The first-order valence-electron chi connectivity index (χ1n) is 6.80. The number of carboxylic acids is 1. The molecule has 1 N–H and O–H groups in total. The Bertz CT molecular complexity index is 570. The first-order valence-corrected chi connectivity index (χ1v) is 7.85. The predicted molar refractivity (Wildman–Crippen MR) is 81.1 cm³/mol. The third kappa shape index (κ3) is 3.71. The van der Waals surface area contributed by atoms with E-state index in [-0.39, 0.29) is 11.6 Å². The summed E-state index contributed by atoms with van der Waals surface area (Å²) < 4.78 is 18.4. The highest BCUT2D eigenvalue weighted by Crippen LogP contribution is 2.42. The van der Waals surface area contributed by atoms with Crippen LogP contribution in [0.25, 0.3) is 0 Å². The van der Waals surface area contributed by atoms with Gasteiger partial charge in [-0.2, -0.15) is 0 Å². The average molecular weight is 327 g/mol. The van der Waals surface area contributed by atoms with Crippen molar-refractivity contribution < 1.29 is 23.8 Å². The molecule has 2 atom stereocenters. The van der Waals surface area contributed by atoms with Crippen LogP contribution in [0.2, 0.25) is 0 Å². The highest BCUT2D eigenvalue weighted by atomic mass is 32.2. The van der Waals surface area contributed by atoms with E-state index in [4.69, 9.17) is 4.74 Å². The lowest BCUT2D eigenvalue weighted by Crippen LogP contribution is -2.45. The number of carbonyl (C=O) groups is 2. The van der Waals surface area contributed by atoms with Crippen molar-refractivity contribution in [3.63, 3.8) is 0 Å². The number of hydrogen-bond acceptors (Lipinski definition) is 4. The number of benzene rings is 1. The van der Waals surface area contributed by atoms with E-state index in [1.54, 1.807) is 32.9 Å². The van der Waals surface area contributed by atoms with E-state index in [0.717, 1.165) is 0 Å². The van der Waals surface area contributed by atoms with E-state index in [1.807, 2.05) is 0 Å². The van der Waals surface area contributed by atoms with Crippen molar-refractivity contribution in [3.05, 3.63) is 35.6 Å². The molecule has 1 fully saturated rings. The molecule has 0 unspecified atom stereocenters. The van der Waals surface area contributed by atoms with Crippen molar-refractivity contribution in [1.82, 2.24) is 4.90 Å². The topological polar surface area (TPSA) is 66.8 Å². The van der Waals surface area contributed by atoms with Crippen LogP contribution in [0, 0.1) is 5.82 Å². The third-order valence-electron chi connectivity index (χ3n) is 3.04. The molecule has 0 radical (unpaired) electrons. The van der Waals surface area contributed by atoms with Gasteiger partial charge in [-0.3, -0.25) is 4.90 Å². The molecule has 1 aromatic rings. The van der Waals surface area contributed by atoms with Crippen molar-refractivity contribution in [2.45, 2.75) is 37.8 Å². The summed E-state index contributed by atoms with van der Waals surface area (Å²) in [5, 5.41) is 8.81. The van der Waals surface area contributed by atoms with Gasteiger partial charge in [0.15, 0.2) is 0 Å². The molecule has 0 spiro atoms. The van der Waals surface area contributed by atoms with Gasteiger partial charge in [-0.05, 0) is 38.5 Å². The third-order valence-corrected chi connectivity index (χ3v) is 4.37. The first kappa shape index (κ1) is 16.6. The molecule has 120 valence electrons. The number of thioether (sulfide) groups is 1. The molecule has 5 nitrogen and oxygen atoms in total. The highest BCUT2D eigenvalue weighted by Gasteiger charge is 2.44. The van der Waals surface area contributed by atoms with Crippen molar-refractivity contribution in [2.75, 3.05) is 5.75 Å². The maximum atomic E-state index is 13.1. The van der Waals surface area contributed by atoms with Crippen LogP contribution in [-0.2, 0) is 9.53 Å². The maximum Gasteiger partial charge on any atom is 0.412 e. The number of carboxylic acid groups (broad SMARTS) is 1. The minimum atomic E-state index is -1.08. The van der Waals surface area contributed by atoms with Gasteiger partial charge in [0.05, 0.1) is 0 Å². The number of halogens is 1. The quantitative estimate of drug-likeness (QED) is 0.903. The predicted octanol–water partition coefficient (Wildman–Crippen LogP) is 3.26. The molecule has 22 heavy (non-hydrogen) atoms. The van der Waals surface area contributed by atoms with E-state index in [1.165, 1.54) is 28.8 Å². The standard InChI is InChI=1S/C15H18FNO4S/c1-15(2,3)21-14(20)17-11(13(18)19)8-22-12(17)9-4-6-10(16)7-5-9/h4-7,11-12H,8H2,1-3H3,(H,18,19)/t11-,12+/m0/s1. The van der Waals surface area contributed by atoms with Gasteiger partial charge in [-0.15, -0.1) is 11.8 Å². The zero-order valence-electron chi connectivity index (χ0n) is 12.6. The van der Waals surface area contributed by atoms with Crippen molar-refractivity contribution in [3.8, 4) is 0 Å². The maximum absolute atomic E-state index is 13.1. The normalized spacial score (nSPS) is 21.7. The Morgan fingerprint density at radius 3 is 2.41 bits per heavy atom. The van der Waals surface area contributed by atoms with Crippen LogP contribution in [0.3, 0.4) is 0 Å². The number of ether oxygens (including phenoxy) is 1. The fraction of sp³-hybridized carbons (Fsp3) is 0.467. The number of hydrogen-bond donors (Lipinski definition) is 1. The Balaban J connectivity index is 2.30. The molecule has 1 aliphatic rings. The first-order chi connectivity index (χ1) is 10.2. The monoisotopic (exact) mass is 327 g/mol. The second-order valence-corrected chi connectivity index (χ2v) is 7.09. The summed E-state index contributed by atoms with van der Waals surface area (Å²) in [5.41, 5.74) is -0.0539. The molecule has 1 saturated heterocycles. The van der Waals surface area contributed by atoms with Crippen LogP contribution in [0.1, 0.15) is 31.7 Å². The summed E-state index contributed by atoms with van der Waals surface area (Å²) >= 11 is 1.32. The van der Waals surface area contributed by atoms with Crippen molar-refractivity contribution >= 4 is 23.8 Å². The molecule has 1 amide bonds. The number of carbonyl (C=O) groups excluding carboxylic acids is 1. The highest BCUT2D eigenvalue weighted by molar-refractivity contribution is 7.99. The van der Waals surface area contributed by atoms with Gasteiger partial charge in [0.2, 0.25) is 0 Å². The summed E-state index contributed by atoms with van der Waals surface area (Å²) in [4.78, 5) is 25.0. The molecule has 1 aliphatic heterocycles. The summed E-state index contributed by atoms with van der Waals surface area (Å²) in [7, 11) is 0. The SMILES string of the molecule is CC(C)(C)OC(=O)N1[C@@H](c2ccc(F)cc2)SC[C@H]1C(=O)O. The minimum absolute atomic E-state index is 0.261. The van der Waals surface area contributed by atoms with Gasteiger partial charge in [-0.1, -0.05) is 12.1 Å². The van der Waals surface area contributed by atoms with Gasteiger partial charge < -0.3 is 9.84 Å². The van der Waals surface area contributed by atoms with Gasteiger partial charge in [-0.25, -0.2) is 14.0 Å². The Labute approximate surface area is 132 Å². The molecule has 1 aromatic carbocycles. The lowest BCUT2D eigenvalue weighted by Gasteiger charge is -2.30. The van der Waals surface area contributed by atoms with Gasteiger partial charge in [0.25, 0.3) is 0 Å². The van der Waals surface area contributed by atoms with E-state index in [2.05, 4.69) is 0 Å². The lowest BCUT2D eigenvalue weighted by molar-refractivity contribution is -0.142. The molecule has 0 aliphatic carbocycles. The van der Waals surface area contributed by atoms with Gasteiger partial charge >= 0.3 is 12.1 Å². The van der Waals surface area contributed by atoms with Crippen LogP contribution < -0.4 is 0 Å². The number of rotatable bonds is 2. The number of amides is 1. The lowest BCUT2D eigenvalue weighted by atomic mass is 10.1. The zero-order chi connectivity index (χ0) is 16.5. The van der Waals surface area contributed by atoms with E-state index < -0.39 is 29.1 Å². The second-order valence-electron chi connectivity index (χ2n) is 5.98. The Kier molecular flexibility index (Phi) is 4.65. The van der Waals surface area contributed by atoms with E-state index in [9.17, 15) is 19.1 Å². The molecule has 2 rings (SSSR count). The summed E-state index contributed by atoms with van der Waals surface area (Å²) in [6.45, 7) is 5.16. The van der Waals surface area contributed by atoms with Crippen molar-refractivity contribution in [2.24, 2.45) is 0 Å². The largest absolute Gasteiger partial charge is 0.480 e. The van der Waals surface area contributed by atoms with Gasteiger partial charge in [0, 0.05) is 5.75 Å². The molecule has 7 heteroatoms. The van der Waals surface area contributed by atoms with Crippen molar-refractivity contribution in [1.29, 1.82) is 0 Å². The second kappa shape index (κ2) is 6.16. The molecule has 0 bridgehead atoms. The Morgan fingerprint density at radius 1 is 1.32 bits per heavy atom. The average Bonchev–Trinajstić information content (AvgIpc) is 2.82. The molecule has 0 aromatic heterocycles. The summed E-state index contributed by atoms with van der Waals surface area (Å²) in [6, 6.07) is 4.72. The van der Waals surface area contributed by atoms with Gasteiger partial charge in [0.1, 0.15) is 22.8 Å². The Morgan fingerprint density at radius 2 is 1.91 bits per heavy atom. The van der Waals surface area contributed by atoms with Crippen LogP contribution in [-0.4, -0.2) is 39.5 Å². The van der Waals surface area contributed by atoms with Crippen LogP contribution in [0.15, 0.2) is 24.3 Å². The molecule has 0 saturated carbocycles. The van der Waals surface area contributed by atoms with Crippen LogP contribution in [0.5, 0.6) is 0 Å². The smallest absolute Gasteiger partial charge is 0.412 e. The number of aliphatic carboxylic acids is 1. The summed E-state index contributed by atoms with van der Waals surface area (Å²) in [5.74, 6) is -1.20. The van der Waals surface area contributed by atoms with Crippen LogP contribution >= 0.6 is 11.8 Å². The van der Waals surface area contributed by atoms with E-state index >= 15 is 0 Å². The molecular formula is C15H18FNO4S. The minimum Gasteiger partial charge on any atom is -0.480 e. The number of nitrogens with zero attached hydrogens (tertiary/aromatic N) is 1. The zero-order valence-corrected chi connectivity index (χ0v) is 13.4.